The van der Waals surface area contributed by atoms with Crippen molar-refractivity contribution in [2.45, 2.75) is 25.3 Å². The van der Waals surface area contributed by atoms with Gasteiger partial charge in [-0.2, -0.15) is 0 Å². The first kappa shape index (κ1) is 15.4. The van der Waals surface area contributed by atoms with Crippen LogP contribution in [-0.4, -0.2) is 33.7 Å². The van der Waals surface area contributed by atoms with Gasteiger partial charge in [-0.3, -0.25) is 4.79 Å². The molecule has 1 unspecified atom stereocenters. The molecule has 102 valence electrons. The molecule has 5 nitrogen and oxygen atoms in total. The average Bonchev–Trinajstić information content (AvgIpc) is 2.25. The van der Waals surface area contributed by atoms with E-state index in [2.05, 4.69) is 26.0 Å². The lowest BCUT2D eigenvalue weighted by atomic mass is 10.0. The van der Waals surface area contributed by atoms with Crippen molar-refractivity contribution in [1.82, 2.24) is 10.0 Å². The zero-order valence-electron chi connectivity index (χ0n) is 10.4. The Morgan fingerprint density at radius 1 is 1.56 bits per heavy atom. The fourth-order valence-electron chi connectivity index (χ4n) is 1.73. The Bertz CT molecular complexity index is 483. The fraction of sp³-hybridized carbons (Fsp3) is 0.545. The van der Waals surface area contributed by atoms with Gasteiger partial charge in [0.1, 0.15) is 6.04 Å². The molecule has 0 heterocycles. The highest BCUT2D eigenvalue weighted by molar-refractivity contribution is 9.11. The topological polar surface area (TPSA) is 75.3 Å². The van der Waals surface area contributed by atoms with E-state index in [9.17, 15) is 13.2 Å². The van der Waals surface area contributed by atoms with Gasteiger partial charge < -0.3 is 5.32 Å². The maximum absolute atomic E-state index is 11.6. The lowest BCUT2D eigenvalue weighted by Crippen LogP contribution is -2.45. The summed E-state index contributed by atoms with van der Waals surface area (Å²) in [4.78, 5) is 11.6. The van der Waals surface area contributed by atoms with E-state index in [1.807, 2.05) is 12.2 Å². The van der Waals surface area contributed by atoms with E-state index in [0.29, 0.717) is 6.42 Å². The van der Waals surface area contributed by atoms with Crippen LogP contribution in [0.3, 0.4) is 0 Å². The molecule has 0 saturated heterocycles. The molecule has 0 aromatic heterocycles. The summed E-state index contributed by atoms with van der Waals surface area (Å²) in [5.74, 6) is -0.337. The van der Waals surface area contributed by atoms with Crippen molar-refractivity contribution in [2.24, 2.45) is 0 Å². The number of amides is 1. The highest BCUT2D eigenvalue weighted by Gasteiger charge is 2.22. The summed E-state index contributed by atoms with van der Waals surface area (Å²) in [6, 6.07) is -0.772. The van der Waals surface area contributed by atoms with Crippen LogP contribution < -0.4 is 10.0 Å². The lowest BCUT2D eigenvalue weighted by molar-refractivity contribution is -0.122. The Balaban J connectivity index is 2.79. The molecule has 0 radical (unpaired) electrons. The smallest absolute Gasteiger partial charge is 0.238 e. The molecule has 7 heteroatoms. The van der Waals surface area contributed by atoms with Gasteiger partial charge in [-0.15, -0.1) is 0 Å². The average molecular weight is 337 g/mol. The van der Waals surface area contributed by atoms with Gasteiger partial charge in [-0.05, 0) is 35.4 Å². The lowest BCUT2D eigenvalue weighted by Gasteiger charge is -2.18. The summed E-state index contributed by atoms with van der Waals surface area (Å²) in [6.07, 6.45) is 7.18. The number of hydrogen-bond donors (Lipinski definition) is 2. The van der Waals surface area contributed by atoms with Gasteiger partial charge in [0.25, 0.3) is 0 Å². The molecule has 2 N–H and O–H groups in total. The molecule has 1 amide bonds. The summed E-state index contributed by atoms with van der Waals surface area (Å²) in [5.41, 5.74) is 0.956. The van der Waals surface area contributed by atoms with Crippen molar-refractivity contribution < 1.29 is 13.2 Å². The van der Waals surface area contributed by atoms with Gasteiger partial charge >= 0.3 is 0 Å². The number of likely N-dealkylation sites (N-methyl/N-ethyl adjacent to an activating group) is 1. The van der Waals surface area contributed by atoms with Crippen LogP contribution in [0.5, 0.6) is 0 Å². The van der Waals surface area contributed by atoms with Crippen molar-refractivity contribution in [1.29, 1.82) is 0 Å². The molecule has 1 atom stereocenters. The SMILES string of the molecule is CNC(=O)C(CC1=CCCC(Br)=C1)NS(C)(=O)=O. The predicted molar refractivity (Wildman–Crippen MR) is 74.8 cm³/mol. The standard InChI is InChI=1S/C11H17BrN2O3S/c1-13-11(15)10(14-18(2,16)17)7-8-4-3-5-9(12)6-8/h4,6,10,14H,3,5,7H2,1-2H3,(H,13,15). The van der Waals surface area contributed by atoms with Crippen LogP contribution >= 0.6 is 15.9 Å². The molecule has 1 rings (SSSR count). The molecule has 18 heavy (non-hydrogen) atoms. The van der Waals surface area contributed by atoms with Crippen molar-refractivity contribution in [3.05, 3.63) is 22.2 Å². The molecule has 0 spiro atoms. The Kier molecular flexibility index (Phi) is 5.55. The Labute approximate surface area is 116 Å². The molecular formula is C11H17BrN2O3S. The number of nitrogens with one attached hydrogen (secondary N) is 2. The number of carbonyl (C=O) groups is 1. The van der Waals surface area contributed by atoms with Crippen molar-refractivity contribution >= 4 is 31.9 Å². The molecule has 0 aliphatic heterocycles. The highest BCUT2D eigenvalue weighted by Crippen LogP contribution is 2.24. The van der Waals surface area contributed by atoms with Crippen LogP contribution in [-0.2, 0) is 14.8 Å². The molecule has 1 aliphatic rings. The Morgan fingerprint density at radius 3 is 2.72 bits per heavy atom. The maximum Gasteiger partial charge on any atom is 0.238 e. The van der Waals surface area contributed by atoms with E-state index >= 15 is 0 Å². The minimum atomic E-state index is -3.41. The van der Waals surface area contributed by atoms with Gasteiger partial charge in [0.05, 0.1) is 6.26 Å². The van der Waals surface area contributed by atoms with Crippen molar-refractivity contribution in [3.8, 4) is 0 Å². The zero-order chi connectivity index (χ0) is 13.8. The normalized spacial score (nSPS) is 17.7. The third kappa shape index (κ3) is 5.32. The van der Waals surface area contributed by atoms with Gasteiger partial charge in [-0.1, -0.05) is 22.0 Å². The second-order valence-corrected chi connectivity index (χ2v) is 6.97. The van der Waals surface area contributed by atoms with E-state index in [4.69, 9.17) is 0 Å². The summed E-state index contributed by atoms with van der Waals surface area (Å²) in [7, 11) is -1.93. The maximum atomic E-state index is 11.6. The predicted octanol–water partition coefficient (Wildman–Crippen LogP) is 1.04. The number of halogens is 1. The minimum absolute atomic E-state index is 0.337. The number of carbonyl (C=O) groups excluding carboxylic acids is 1. The minimum Gasteiger partial charge on any atom is -0.358 e. The van der Waals surface area contributed by atoms with E-state index in [-0.39, 0.29) is 5.91 Å². The third-order valence-electron chi connectivity index (χ3n) is 2.49. The monoisotopic (exact) mass is 336 g/mol. The first-order chi connectivity index (χ1) is 8.31. The highest BCUT2D eigenvalue weighted by atomic mass is 79.9. The van der Waals surface area contributed by atoms with E-state index in [1.165, 1.54) is 7.05 Å². The summed E-state index contributed by atoms with van der Waals surface area (Å²) >= 11 is 3.42. The summed E-state index contributed by atoms with van der Waals surface area (Å²) in [5, 5.41) is 2.46. The third-order valence-corrected chi connectivity index (χ3v) is 3.83. The fourth-order valence-corrected chi connectivity index (χ4v) is 2.96. The summed E-state index contributed by atoms with van der Waals surface area (Å²) in [6.45, 7) is 0. The van der Waals surface area contributed by atoms with Gasteiger partial charge in [0.2, 0.25) is 15.9 Å². The Hall–Kier alpha value is -0.660. The Morgan fingerprint density at radius 2 is 2.22 bits per heavy atom. The zero-order valence-corrected chi connectivity index (χ0v) is 12.8. The molecule has 0 fully saturated rings. The number of sulfonamides is 1. The van der Waals surface area contributed by atoms with Gasteiger partial charge in [0, 0.05) is 7.05 Å². The molecule has 0 aromatic carbocycles. The van der Waals surface area contributed by atoms with E-state index in [1.54, 1.807) is 0 Å². The van der Waals surface area contributed by atoms with Crippen molar-refractivity contribution in [2.75, 3.05) is 13.3 Å². The first-order valence-electron chi connectivity index (χ1n) is 5.56. The second-order valence-electron chi connectivity index (χ2n) is 4.17. The quantitative estimate of drug-likeness (QED) is 0.787. The molecule has 0 saturated carbocycles. The number of hydrogen-bond acceptors (Lipinski definition) is 3. The van der Waals surface area contributed by atoms with Crippen molar-refractivity contribution in [3.63, 3.8) is 0 Å². The van der Waals surface area contributed by atoms with Gasteiger partial charge in [0.15, 0.2) is 0 Å². The molecule has 1 aliphatic carbocycles. The van der Waals surface area contributed by atoms with Crippen LogP contribution in [0.4, 0.5) is 0 Å². The van der Waals surface area contributed by atoms with E-state index in [0.717, 1.165) is 29.2 Å². The van der Waals surface area contributed by atoms with Crippen LogP contribution in [0.25, 0.3) is 0 Å². The van der Waals surface area contributed by atoms with Gasteiger partial charge in [-0.25, -0.2) is 13.1 Å². The summed E-state index contributed by atoms with van der Waals surface area (Å²) < 4.78 is 25.9. The number of allylic oxidation sites excluding steroid dienone is 3. The number of rotatable bonds is 5. The first-order valence-corrected chi connectivity index (χ1v) is 8.24. The van der Waals surface area contributed by atoms with Crippen LogP contribution in [0.2, 0.25) is 0 Å². The molecular weight excluding hydrogens is 320 g/mol. The largest absolute Gasteiger partial charge is 0.358 e. The molecule has 0 bridgehead atoms. The van der Waals surface area contributed by atoms with Crippen LogP contribution in [0.1, 0.15) is 19.3 Å². The van der Waals surface area contributed by atoms with E-state index < -0.39 is 16.1 Å². The second kappa shape index (κ2) is 6.49. The molecule has 0 aromatic rings. The van der Waals surface area contributed by atoms with Crippen LogP contribution in [0, 0.1) is 0 Å². The van der Waals surface area contributed by atoms with Crippen LogP contribution in [0.15, 0.2) is 22.2 Å².